The fourth-order valence-electron chi connectivity index (χ4n) is 2.39. The van der Waals surface area contributed by atoms with Crippen molar-refractivity contribution in [3.63, 3.8) is 0 Å². The van der Waals surface area contributed by atoms with Crippen molar-refractivity contribution in [2.24, 2.45) is 0 Å². The van der Waals surface area contributed by atoms with Crippen LogP contribution < -0.4 is 0 Å². The molecule has 2 aromatic rings. The van der Waals surface area contributed by atoms with Gasteiger partial charge in [0.1, 0.15) is 5.82 Å². The topological polar surface area (TPSA) is 23.6 Å². The molecule has 0 aliphatic rings. The molecule has 1 aromatic carbocycles. The molecule has 1 unspecified atom stereocenters. The minimum absolute atomic E-state index is 0.0542. The predicted molar refractivity (Wildman–Crippen MR) is 93.0 cm³/mol. The van der Waals surface area contributed by atoms with Gasteiger partial charge in [-0.25, -0.2) is 4.39 Å². The van der Waals surface area contributed by atoms with Gasteiger partial charge in [-0.05, 0) is 55.6 Å². The summed E-state index contributed by atoms with van der Waals surface area (Å²) in [5.41, 5.74) is 2.20. The van der Waals surface area contributed by atoms with E-state index in [0.717, 1.165) is 12.1 Å². The average molecular weight is 334 g/mol. The van der Waals surface area contributed by atoms with Crippen molar-refractivity contribution in [1.82, 2.24) is 9.80 Å². The second-order valence-electron chi connectivity index (χ2n) is 5.93. The van der Waals surface area contributed by atoms with Crippen LogP contribution in [0.25, 0.3) is 0 Å². The lowest BCUT2D eigenvalue weighted by molar-refractivity contribution is -0.132. The van der Waals surface area contributed by atoms with Gasteiger partial charge in [0.2, 0.25) is 5.91 Å². The number of carbonyl (C=O) groups is 1. The summed E-state index contributed by atoms with van der Waals surface area (Å²) in [7, 11) is 3.74. The highest BCUT2D eigenvalue weighted by Crippen LogP contribution is 2.20. The number of nitrogens with zero attached hydrogens (tertiary/aromatic N) is 2. The summed E-state index contributed by atoms with van der Waals surface area (Å²) in [4.78, 5) is 17.5. The molecule has 1 atom stereocenters. The zero-order chi connectivity index (χ0) is 17.0. The Morgan fingerprint density at radius 2 is 1.87 bits per heavy atom. The average Bonchev–Trinajstić information content (AvgIpc) is 2.91. The minimum Gasteiger partial charge on any atom is -0.338 e. The third-order valence-corrected chi connectivity index (χ3v) is 5.12. The lowest BCUT2D eigenvalue weighted by atomic mass is 10.1. The summed E-state index contributed by atoms with van der Waals surface area (Å²) in [6.45, 7) is 5.17. The molecule has 23 heavy (non-hydrogen) atoms. The van der Waals surface area contributed by atoms with Crippen molar-refractivity contribution in [2.45, 2.75) is 26.4 Å². The SMILES string of the molecule is Cc1ccsc1CN(C)CC(=O)N(C)C(C)c1ccc(F)cc1. The highest BCUT2D eigenvalue weighted by Gasteiger charge is 2.19. The molecule has 3 nitrogen and oxygen atoms in total. The molecule has 0 bridgehead atoms. The van der Waals surface area contributed by atoms with Crippen LogP contribution in [0.5, 0.6) is 0 Å². The number of likely N-dealkylation sites (N-methyl/N-ethyl adjacent to an activating group) is 2. The number of aryl methyl sites for hydroxylation is 1. The van der Waals surface area contributed by atoms with Gasteiger partial charge in [-0.2, -0.15) is 0 Å². The molecule has 0 saturated heterocycles. The summed E-state index contributed by atoms with van der Waals surface area (Å²) >= 11 is 1.72. The Labute approximate surface area is 141 Å². The molecule has 2 rings (SSSR count). The molecule has 1 heterocycles. The van der Waals surface area contributed by atoms with Gasteiger partial charge >= 0.3 is 0 Å². The Hall–Kier alpha value is -1.72. The molecule has 0 saturated carbocycles. The van der Waals surface area contributed by atoms with Crippen LogP contribution in [0.4, 0.5) is 4.39 Å². The highest BCUT2D eigenvalue weighted by molar-refractivity contribution is 7.10. The van der Waals surface area contributed by atoms with E-state index in [9.17, 15) is 9.18 Å². The van der Waals surface area contributed by atoms with Gasteiger partial charge in [0, 0.05) is 18.5 Å². The molecular weight excluding hydrogens is 311 g/mol. The first kappa shape index (κ1) is 17.6. The van der Waals surface area contributed by atoms with Crippen LogP contribution in [0, 0.1) is 12.7 Å². The van der Waals surface area contributed by atoms with Gasteiger partial charge in [-0.1, -0.05) is 12.1 Å². The van der Waals surface area contributed by atoms with Crippen molar-refractivity contribution in [3.05, 3.63) is 57.5 Å². The van der Waals surface area contributed by atoms with Gasteiger partial charge in [0.15, 0.2) is 0 Å². The first-order chi connectivity index (χ1) is 10.9. The number of rotatable bonds is 6. The lowest BCUT2D eigenvalue weighted by Crippen LogP contribution is -2.37. The van der Waals surface area contributed by atoms with Gasteiger partial charge in [0.05, 0.1) is 12.6 Å². The van der Waals surface area contributed by atoms with E-state index in [0.29, 0.717) is 6.54 Å². The van der Waals surface area contributed by atoms with Crippen molar-refractivity contribution in [2.75, 3.05) is 20.6 Å². The van der Waals surface area contributed by atoms with Gasteiger partial charge in [-0.15, -0.1) is 11.3 Å². The van der Waals surface area contributed by atoms with E-state index in [1.165, 1.54) is 22.6 Å². The first-order valence-corrected chi connectivity index (χ1v) is 8.49. The second kappa shape index (κ2) is 7.70. The third-order valence-electron chi connectivity index (χ3n) is 4.11. The number of thiophene rings is 1. The first-order valence-electron chi connectivity index (χ1n) is 7.61. The minimum atomic E-state index is -0.263. The van der Waals surface area contributed by atoms with Crippen LogP contribution in [0.2, 0.25) is 0 Å². The van der Waals surface area contributed by atoms with E-state index in [2.05, 4.69) is 18.4 Å². The third kappa shape index (κ3) is 4.62. The number of hydrogen-bond acceptors (Lipinski definition) is 3. The van der Waals surface area contributed by atoms with Crippen molar-refractivity contribution in [3.8, 4) is 0 Å². The van der Waals surface area contributed by atoms with Crippen LogP contribution in [-0.4, -0.2) is 36.3 Å². The van der Waals surface area contributed by atoms with Crippen LogP contribution in [0.15, 0.2) is 35.7 Å². The maximum Gasteiger partial charge on any atom is 0.236 e. The van der Waals surface area contributed by atoms with E-state index < -0.39 is 0 Å². The summed E-state index contributed by atoms with van der Waals surface area (Å²) < 4.78 is 13.0. The van der Waals surface area contributed by atoms with Gasteiger partial charge in [0.25, 0.3) is 0 Å². The number of carbonyl (C=O) groups excluding carboxylic acids is 1. The van der Waals surface area contributed by atoms with E-state index in [4.69, 9.17) is 0 Å². The van der Waals surface area contributed by atoms with E-state index >= 15 is 0 Å². The van der Waals surface area contributed by atoms with Crippen molar-refractivity contribution < 1.29 is 9.18 Å². The quantitative estimate of drug-likeness (QED) is 0.801. The molecule has 0 aliphatic heterocycles. The molecule has 1 amide bonds. The molecule has 0 fully saturated rings. The highest BCUT2D eigenvalue weighted by atomic mass is 32.1. The molecule has 0 spiro atoms. The normalized spacial score (nSPS) is 12.4. The molecule has 5 heteroatoms. The lowest BCUT2D eigenvalue weighted by Gasteiger charge is -2.27. The molecule has 124 valence electrons. The maximum absolute atomic E-state index is 13.0. The van der Waals surface area contributed by atoms with E-state index in [1.54, 1.807) is 35.4 Å². The Balaban J connectivity index is 1.93. The van der Waals surface area contributed by atoms with Crippen molar-refractivity contribution in [1.29, 1.82) is 0 Å². The smallest absolute Gasteiger partial charge is 0.236 e. The summed E-state index contributed by atoms with van der Waals surface area (Å²) in [5, 5.41) is 2.07. The van der Waals surface area contributed by atoms with Crippen molar-refractivity contribution >= 4 is 17.2 Å². The van der Waals surface area contributed by atoms with Crippen LogP contribution in [-0.2, 0) is 11.3 Å². The largest absolute Gasteiger partial charge is 0.338 e. The molecular formula is C18H23FN2OS. The fraction of sp³-hybridized carbons (Fsp3) is 0.389. The summed E-state index contributed by atoms with van der Waals surface area (Å²) in [6.07, 6.45) is 0. The van der Waals surface area contributed by atoms with Gasteiger partial charge < -0.3 is 4.90 Å². The number of amides is 1. The Bertz CT molecular complexity index is 653. The Morgan fingerprint density at radius 1 is 1.22 bits per heavy atom. The second-order valence-corrected chi connectivity index (χ2v) is 6.93. The molecule has 1 aromatic heterocycles. The molecule has 0 aliphatic carbocycles. The van der Waals surface area contributed by atoms with E-state index in [1.807, 2.05) is 18.9 Å². The summed E-state index contributed by atoms with van der Waals surface area (Å²) in [5.74, 6) is -0.209. The van der Waals surface area contributed by atoms with Crippen LogP contribution in [0.3, 0.4) is 0 Å². The fourth-order valence-corrected chi connectivity index (χ4v) is 3.38. The Morgan fingerprint density at radius 3 is 2.43 bits per heavy atom. The van der Waals surface area contributed by atoms with Crippen LogP contribution in [0.1, 0.15) is 29.0 Å². The molecule has 0 N–H and O–H groups in total. The number of halogens is 1. The Kier molecular flexibility index (Phi) is 5.91. The predicted octanol–water partition coefficient (Wildman–Crippen LogP) is 3.85. The van der Waals surface area contributed by atoms with E-state index in [-0.39, 0.29) is 17.8 Å². The zero-order valence-corrected chi connectivity index (χ0v) is 14.9. The van der Waals surface area contributed by atoms with Gasteiger partial charge in [-0.3, -0.25) is 9.69 Å². The summed E-state index contributed by atoms with van der Waals surface area (Å²) in [6, 6.07) is 8.31. The van der Waals surface area contributed by atoms with Crippen LogP contribution >= 0.6 is 11.3 Å². The molecule has 0 radical (unpaired) electrons. The maximum atomic E-state index is 13.0. The standard InChI is InChI=1S/C18H23FN2OS/c1-13-9-10-23-17(13)11-20(3)12-18(22)21(4)14(2)15-5-7-16(19)8-6-15/h5-10,14H,11-12H2,1-4H3. The zero-order valence-electron chi connectivity index (χ0n) is 14.0. The number of hydrogen-bond donors (Lipinski definition) is 0. The monoisotopic (exact) mass is 334 g/mol. The number of benzene rings is 1.